The van der Waals surface area contributed by atoms with E-state index in [0.29, 0.717) is 6.42 Å². The zero-order valence-electron chi connectivity index (χ0n) is 11.8. The zero-order valence-corrected chi connectivity index (χ0v) is 11.8. The maximum atomic E-state index is 11.3. The summed E-state index contributed by atoms with van der Waals surface area (Å²) in [5.41, 5.74) is 6.49. The van der Waals surface area contributed by atoms with E-state index < -0.39 is 0 Å². The predicted molar refractivity (Wildman–Crippen MR) is 72.5 cm³/mol. The zero-order chi connectivity index (χ0) is 13.2. The number of ketones is 1. The van der Waals surface area contributed by atoms with Gasteiger partial charge in [-0.1, -0.05) is 6.07 Å². The summed E-state index contributed by atoms with van der Waals surface area (Å²) < 4.78 is 0. The molecule has 0 radical (unpaired) electrons. The van der Waals surface area contributed by atoms with Crippen molar-refractivity contribution < 1.29 is 4.79 Å². The summed E-state index contributed by atoms with van der Waals surface area (Å²) in [5.74, 6) is 0.224. The third-order valence-corrected chi connectivity index (χ3v) is 3.61. The van der Waals surface area contributed by atoms with Crippen LogP contribution >= 0.6 is 0 Å². The number of carbonyl (C=O) groups excluding carboxylic acids is 1. The lowest BCUT2D eigenvalue weighted by Gasteiger charge is -2.23. The third-order valence-electron chi connectivity index (χ3n) is 3.61. The number of hydrogen-bond donors (Lipinski definition) is 1. The van der Waals surface area contributed by atoms with E-state index in [-0.39, 0.29) is 11.8 Å². The van der Waals surface area contributed by atoms with Gasteiger partial charge in [0.2, 0.25) is 0 Å². The minimum Gasteiger partial charge on any atom is -0.313 e. The second-order valence-corrected chi connectivity index (χ2v) is 4.92. The normalized spacial score (nSPS) is 12.6. The van der Waals surface area contributed by atoms with Crippen LogP contribution in [0.25, 0.3) is 0 Å². The highest BCUT2D eigenvalue weighted by molar-refractivity contribution is 5.76. The van der Waals surface area contributed by atoms with Crippen molar-refractivity contribution >= 4 is 5.78 Å². The molecule has 0 amide bonds. The van der Waals surface area contributed by atoms with E-state index in [2.05, 4.69) is 39.1 Å². The average molecular weight is 233 g/mol. The summed E-state index contributed by atoms with van der Waals surface area (Å²) in [6.45, 7) is 10.2. The molecule has 0 heterocycles. The highest BCUT2D eigenvalue weighted by Gasteiger charge is 2.18. The fraction of sp³-hybridized carbons (Fsp3) is 0.533. The SMILES string of the molecule is CNC(CC(C)=O)c1c(C)c(C)cc(C)c1C. The van der Waals surface area contributed by atoms with Crippen LogP contribution in [0.2, 0.25) is 0 Å². The van der Waals surface area contributed by atoms with Crippen LogP contribution in [0.5, 0.6) is 0 Å². The summed E-state index contributed by atoms with van der Waals surface area (Å²) >= 11 is 0. The molecular formula is C15H23NO. The number of rotatable bonds is 4. The van der Waals surface area contributed by atoms with Crippen LogP contribution in [0.1, 0.15) is 47.2 Å². The van der Waals surface area contributed by atoms with Crippen LogP contribution in [0.3, 0.4) is 0 Å². The largest absolute Gasteiger partial charge is 0.313 e. The van der Waals surface area contributed by atoms with Crippen molar-refractivity contribution in [1.82, 2.24) is 5.32 Å². The summed E-state index contributed by atoms with van der Waals surface area (Å²) in [6, 6.07) is 2.35. The smallest absolute Gasteiger partial charge is 0.131 e. The lowest BCUT2D eigenvalue weighted by Crippen LogP contribution is -2.21. The molecule has 1 N–H and O–H groups in total. The van der Waals surface area contributed by atoms with Gasteiger partial charge in [0, 0.05) is 12.5 Å². The lowest BCUT2D eigenvalue weighted by atomic mass is 9.88. The van der Waals surface area contributed by atoms with Gasteiger partial charge in [-0.2, -0.15) is 0 Å². The van der Waals surface area contributed by atoms with Crippen molar-refractivity contribution in [2.75, 3.05) is 7.05 Å². The van der Waals surface area contributed by atoms with E-state index in [4.69, 9.17) is 0 Å². The molecule has 94 valence electrons. The molecule has 1 aromatic carbocycles. The monoisotopic (exact) mass is 233 g/mol. The first-order valence-electron chi connectivity index (χ1n) is 6.12. The number of nitrogens with one attached hydrogen (secondary N) is 1. The first-order valence-corrected chi connectivity index (χ1v) is 6.12. The van der Waals surface area contributed by atoms with Crippen LogP contribution in [0, 0.1) is 27.7 Å². The van der Waals surface area contributed by atoms with Crippen LogP contribution in [-0.4, -0.2) is 12.8 Å². The molecule has 0 fully saturated rings. The second kappa shape index (κ2) is 5.46. The van der Waals surface area contributed by atoms with Crippen molar-refractivity contribution in [2.24, 2.45) is 0 Å². The fourth-order valence-corrected chi connectivity index (χ4v) is 2.41. The summed E-state index contributed by atoms with van der Waals surface area (Å²) in [5, 5.41) is 3.26. The lowest BCUT2D eigenvalue weighted by molar-refractivity contribution is -0.117. The van der Waals surface area contributed by atoms with Gasteiger partial charge in [0.05, 0.1) is 0 Å². The number of hydrogen-bond acceptors (Lipinski definition) is 2. The third kappa shape index (κ3) is 2.95. The molecule has 0 saturated carbocycles. The van der Waals surface area contributed by atoms with Crippen LogP contribution in [-0.2, 0) is 4.79 Å². The van der Waals surface area contributed by atoms with Gasteiger partial charge >= 0.3 is 0 Å². The molecule has 0 aromatic heterocycles. The second-order valence-electron chi connectivity index (χ2n) is 4.92. The Balaban J connectivity index is 3.31. The van der Waals surface area contributed by atoms with Gasteiger partial charge in [0.25, 0.3) is 0 Å². The molecule has 2 heteroatoms. The molecule has 0 bridgehead atoms. The predicted octanol–water partition coefficient (Wildman–Crippen LogP) is 3.16. The minimum atomic E-state index is 0.131. The van der Waals surface area contributed by atoms with Gasteiger partial charge in [-0.15, -0.1) is 0 Å². The molecule has 0 aliphatic rings. The fourth-order valence-electron chi connectivity index (χ4n) is 2.41. The van der Waals surface area contributed by atoms with Gasteiger partial charge in [-0.05, 0) is 69.5 Å². The molecule has 17 heavy (non-hydrogen) atoms. The molecule has 0 saturated heterocycles. The molecule has 0 spiro atoms. The van der Waals surface area contributed by atoms with E-state index in [1.165, 1.54) is 27.8 Å². The number of benzene rings is 1. The Morgan fingerprint density at radius 3 is 2.00 bits per heavy atom. The summed E-state index contributed by atoms with van der Waals surface area (Å²) in [4.78, 5) is 11.3. The van der Waals surface area contributed by atoms with Gasteiger partial charge in [0.1, 0.15) is 5.78 Å². The maximum Gasteiger partial charge on any atom is 0.131 e. The van der Waals surface area contributed by atoms with Crippen LogP contribution < -0.4 is 5.32 Å². The molecule has 0 aliphatic carbocycles. The Morgan fingerprint density at radius 1 is 1.18 bits per heavy atom. The Labute approximate surface area is 104 Å². The Hall–Kier alpha value is -1.15. The van der Waals surface area contributed by atoms with E-state index in [1.807, 2.05) is 7.05 Å². The average Bonchev–Trinajstić information content (AvgIpc) is 2.24. The highest BCUT2D eigenvalue weighted by atomic mass is 16.1. The van der Waals surface area contributed by atoms with E-state index in [0.717, 1.165) is 0 Å². The number of Topliss-reactive ketones (excluding diaryl/α,β-unsaturated/α-hetero) is 1. The molecule has 1 atom stereocenters. The van der Waals surface area contributed by atoms with E-state index >= 15 is 0 Å². The van der Waals surface area contributed by atoms with Crippen molar-refractivity contribution in [3.8, 4) is 0 Å². The van der Waals surface area contributed by atoms with E-state index in [1.54, 1.807) is 6.92 Å². The molecule has 1 aromatic rings. The molecule has 2 nitrogen and oxygen atoms in total. The van der Waals surface area contributed by atoms with Crippen molar-refractivity contribution in [3.05, 3.63) is 33.9 Å². The van der Waals surface area contributed by atoms with Crippen LogP contribution in [0.15, 0.2) is 6.07 Å². The summed E-state index contributed by atoms with van der Waals surface area (Å²) in [6.07, 6.45) is 0.557. The van der Waals surface area contributed by atoms with Gasteiger partial charge in [-0.3, -0.25) is 4.79 Å². The molecule has 0 aliphatic heterocycles. The highest BCUT2D eigenvalue weighted by Crippen LogP contribution is 2.29. The van der Waals surface area contributed by atoms with Crippen LogP contribution in [0.4, 0.5) is 0 Å². The topological polar surface area (TPSA) is 29.1 Å². The standard InChI is InChI=1S/C15H23NO/c1-9-7-10(2)13(5)15(12(9)4)14(16-6)8-11(3)17/h7,14,16H,8H2,1-6H3. The minimum absolute atomic E-state index is 0.131. The van der Waals surface area contributed by atoms with Gasteiger partial charge in [0.15, 0.2) is 0 Å². The Bertz CT molecular complexity index is 409. The maximum absolute atomic E-state index is 11.3. The Morgan fingerprint density at radius 2 is 1.65 bits per heavy atom. The Kier molecular flexibility index (Phi) is 4.47. The quantitative estimate of drug-likeness (QED) is 0.865. The number of carbonyl (C=O) groups is 1. The van der Waals surface area contributed by atoms with Crippen molar-refractivity contribution in [2.45, 2.75) is 47.1 Å². The first-order chi connectivity index (χ1) is 7.88. The van der Waals surface area contributed by atoms with Gasteiger partial charge < -0.3 is 5.32 Å². The molecule has 1 rings (SSSR count). The van der Waals surface area contributed by atoms with E-state index in [9.17, 15) is 4.79 Å². The molecular weight excluding hydrogens is 210 g/mol. The first kappa shape index (κ1) is 13.9. The molecule has 1 unspecified atom stereocenters. The summed E-state index contributed by atoms with van der Waals surface area (Å²) in [7, 11) is 1.92. The van der Waals surface area contributed by atoms with Gasteiger partial charge in [-0.25, -0.2) is 0 Å². The van der Waals surface area contributed by atoms with Crippen molar-refractivity contribution in [3.63, 3.8) is 0 Å². The van der Waals surface area contributed by atoms with Crippen molar-refractivity contribution in [1.29, 1.82) is 0 Å². The number of aryl methyl sites for hydroxylation is 2.